The van der Waals surface area contributed by atoms with Crippen LogP contribution in [0.1, 0.15) is 22.3 Å². The highest BCUT2D eigenvalue weighted by Gasteiger charge is 2.37. The fourth-order valence-electron chi connectivity index (χ4n) is 2.42. The molecule has 0 bridgehead atoms. The molecule has 1 amide bonds. The monoisotopic (exact) mass is 370 g/mol. The number of nitrogens with one attached hydrogen (secondary N) is 1. The fraction of sp³-hybridized carbons (Fsp3) is 0.429. The number of carboxylic acids is 1. The number of carbonyl (C=O) groups is 2. The molecular weight excluding hydrogens is 351 g/mol. The van der Waals surface area contributed by atoms with Gasteiger partial charge in [0, 0.05) is 20.0 Å². The number of para-hydroxylation sites is 1. The summed E-state index contributed by atoms with van der Waals surface area (Å²) in [5, 5.41) is 21.8. The van der Waals surface area contributed by atoms with Crippen molar-refractivity contribution in [3.05, 3.63) is 29.3 Å². The van der Waals surface area contributed by atoms with Gasteiger partial charge < -0.3 is 20.1 Å². The predicted molar refractivity (Wildman–Crippen MR) is 89.7 cm³/mol. The maximum Gasteiger partial charge on any atom is 0.547 e. The number of rotatable bonds is 6. The highest BCUT2D eigenvalue weighted by Crippen LogP contribution is 2.30. The highest BCUT2D eigenvalue weighted by molar-refractivity contribution is 7.88. The molecule has 0 saturated carbocycles. The third kappa shape index (κ3) is 4.71. The van der Waals surface area contributed by atoms with E-state index in [0.717, 1.165) is 10.6 Å². The van der Waals surface area contributed by atoms with E-state index in [0.29, 0.717) is 5.56 Å². The van der Waals surface area contributed by atoms with E-state index in [9.17, 15) is 23.0 Å². The molecule has 0 aromatic heterocycles. The van der Waals surface area contributed by atoms with Gasteiger partial charge in [-0.25, -0.2) is 17.5 Å². The third-order valence-corrected chi connectivity index (χ3v) is 5.23. The topological polar surface area (TPSA) is 133 Å². The summed E-state index contributed by atoms with van der Waals surface area (Å²) in [4.78, 5) is 23.2. The molecule has 0 spiro atoms. The lowest BCUT2D eigenvalue weighted by molar-refractivity contribution is -0.121. The van der Waals surface area contributed by atoms with Crippen molar-refractivity contribution >= 4 is 29.0 Å². The van der Waals surface area contributed by atoms with E-state index in [1.54, 1.807) is 12.1 Å². The third-order valence-electron chi connectivity index (χ3n) is 3.92. The number of aromatic carboxylic acids is 1. The summed E-state index contributed by atoms with van der Waals surface area (Å²) in [6, 6.07) is 4.58. The molecule has 1 aromatic rings. The van der Waals surface area contributed by atoms with Crippen molar-refractivity contribution in [1.82, 2.24) is 9.62 Å². The Morgan fingerprint density at radius 1 is 1.44 bits per heavy atom. The van der Waals surface area contributed by atoms with E-state index in [4.69, 9.17) is 9.76 Å². The van der Waals surface area contributed by atoms with Crippen molar-refractivity contribution in [2.75, 3.05) is 19.8 Å². The van der Waals surface area contributed by atoms with Gasteiger partial charge >= 0.3 is 13.1 Å². The molecule has 136 valence electrons. The molecule has 1 aliphatic heterocycles. The number of benzene rings is 1. The summed E-state index contributed by atoms with van der Waals surface area (Å²) in [5.41, 5.74) is 0.500. The van der Waals surface area contributed by atoms with E-state index in [-0.39, 0.29) is 30.7 Å². The second-order valence-electron chi connectivity index (χ2n) is 5.82. The minimum atomic E-state index is -3.37. The quantitative estimate of drug-likeness (QED) is 0.553. The number of nitrogens with zero attached hydrogens (tertiary/aromatic N) is 1. The van der Waals surface area contributed by atoms with E-state index in [2.05, 4.69) is 5.32 Å². The zero-order valence-electron chi connectivity index (χ0n) is 13.8. The van der Waals surface area contributed by atoms with E-state index in [1.807, 2.05) is 0 Å². The van der Waals surface area contributed by atoms with Gasteiger partial charge in [0.05, 0.1) is 17.8 Å². The molecule has 1 unspecified atom stereocenters. The Labute approximate surface area is 145 Å². The van der Waals surface area contributed by atoms with Crippen LogP contribution in [0.25, 0.3) is 0 Å². The van der Waals surface area contributed by atoms with Crippen LogP contribution in [0, 0.1) is 0 Å². The van der Waals surface area contributed by atoms with Crippen molar-refractivity contribution in [2.24, 2.45) is 0 Å². The first-order chi connectivity index (χ1) is 11.6. The molecule has 1 heterocycles. The minimum Gasteiger partial charge on any atom is -0.534 e. The standard InChI is InChI=1S/C14H19BN2O7S/c1-17(25(2,22)23)7-6-12(18)16-11-8-9-4-3-5-10(14(19)20)13(9)24-15(11)21/h3-5,11,21H,6-8H2,1-2H3,(H,16,18)(H,19,20). The summed E-state index contributed by atoms with van der Waals surface area (Å²) in [6.07, 6.45) is 1.17. The van der Waals surface area contributed by atoms with Gasteiger partial charge in [-0.1, -0.05) is 12.1 Å². The van der Waals surface area contributed by atoms with Crippen molar-refractivity contribution in [3.8, 4) is 5.75 Å². The maximum atomic E-state index is 12.0. The summed E-state index contributed by atoms with van der Waals surface area (Å²) in [5.74, 6) is -2.28. The van der Waals surface area contributed by atoms with Crippen molar-refractivity contribution < 1.29 is 32.8 Å². The fourth-order valence-corrected chi connectivity index (χ4v) is 2.84. The number of hydrogen-bond acceptors (Lipinski definition) is 6. The normalized spacial score (nSPS) is 17.0. The second-order valence-corrected chi connectivity index (χ2v) is 7.91. The molecule has 1 aliphatic rings. The highest BCUT2D eigenvalue weighted by atomic mass is 32.2. The number of carbonyl (C=O) groups excluding carboxylic acids is 1. The summed E-state index contributed by atoms with van der Waals surface area (Å²) >= 11 is 0. The van der Waals surface area contributed by atoms with Gasteiger partial charge in [0.25, 0.3) is 0 Å². The lowest BCUT2D eigenvalue weighted by atomic mass is 9.72. The Morgan fingerprint density at radius 3 is 2.72 bits per heavy atom. The number of hydrogen-bond donors (Lipinski definition) is 3. The molecule has 9 nitrogen and oxygen atoms in total. The van der Waals surface area contributed by atoms with Crippen LogP contribution in [-0.4, -0.2) is 67.6 Å². The lowest BCUT2D eigenvalue weighted by Gasteiger charge is -2.29. The second kappa shape index (κ2) is 7.42. The van der Waals surface area contributed by atoms with Crippen LogP contribution in [0.15, 0.2) is 18.2 Å². The zero-order valence-corrected chi connectivity index (χ0v) is 14.6. The van der Waals surface area contributed by atoms with Crippen LogP contribution in [-0.2, 0) is 21.2 Å². The zero-order chi connectivity index (χ0) is 18.8. The van der Waals surface area contributed by atoms with E-state index < -0.39 is 35.0 Å². The van der Waals surface area contributed by atoms with Gasteiger partial charge in [0.2, 0.25) is 15.9 Å². The molecule has 0 saturated heterocycles. The summed E-state index contributed by atoms with van der Waals surface area (Å²) in [6.45, 7) is 0.00802. The first-order valence-electron chi connectivity index (χ1n) is 7.50. The molecule has 3 N–H and O–H groups in total. The SMILES string of the molecule is CN(CCC(=O)NC1Cc2cccc(C(=O)O)c2OB1O)S(C)(=O)=O. The van der Waals surface area contributed by atoms with Crippen molar-refractivity contribution in [1.29, 1.82) is 0 Å². The number of fused-ring (bicyclic) bond motifs is 1. The minimum absolute atomic E-state index is 0.00802. The lowest BCUT2D eigenvalue weighted by Crippen LogP contribution is -2.53. The Kier molecular flexibility index (Phi) is 5.70. The van der Waals surface area contributed by atoms with Gasteiger partial charge in [0.15, 0.2) is 0 Å². The molecule has 0 radical (unpaired) electrons. The first-order valence-corrected chi connectivity index (χ1v) is 9.35. The molecule has 2 rings (SSSR count). The van der Waals surface area contributed by atoms with Crippen LogP contribution < -0.4 is 9.97 Å². The van der Waals surface area contributed by atoms with Gasteiger partial charge in [0.1, 0.15) is 5.75 Å². The Hall–Kier alpha value is -2.11. The van der Waals surface area contributed by atoms with Crippen LogP contribution in [0.5, 0.6) is 5.75 Å². The largest absolute Gasteiger partial charge is 0.547 e. The average molecular weight is 370 g/mol. The summed E-state index contributed by atoms with van der Waals surface area (Å²) < 4.78 is 28.9. The Balaban J connectivity index is 2.02. The van der Waals surface area contributed by atoms with Crippen molar-refractivity contribution in [3.63, 3.8) is 0 Å². The van der Waals surface area contributed by atoms with Gasteiger partial charge in [-0.3, -0.25) is 4.79 Å². The predicted octanol–water partition coefficient (Wildman–Crippen LogP) is -0.894. The molecule has 11 heteroatoms. The van der Waals surface area contributed by atoms with E-state index >= 15 is 0 Å². The first kappa shape index (κ1) is 19.2. The number of amides is 1. The maximum absolute atomic E-state index is 12.0. The van der Waals surface area contributed by atoms with Crippen molar-refractivity contribution in [2.45, 2.75) is 18.8 Å². The Bertz CT molecular complexity index is 783. The van der Waals surface area contributed by atoms with Crippen LogP contribution in [0.4, 0.5) is 0 Å². The van der Waals surface area contributed by atoms with E-state index in [1.165, 1.54) is 13.1 Å². The number of sulfonamides is 1. The molecule has 0 aliphatic carbocycles. The molecule has 0 fully saturated rings. The smallest absolute Gasteiger partial charge is 0.534 e. The van der Waals surface area contributed by atoms with Crippen LogP contribution in [0.2, 0.25) is 0 Å². The summed E-state index contributed by atoms with van der Waals surface area (Å²) in [7, 11) is -3.40. The van der Waals surface area contributed by atoms with Gasteiger partial charge in [-0.05, 0) is 18.1 Å². The molecular formula is C14H19BN2O7S. The van der Waals surface area contributed by atoms with Gasteiger partial charge in [-0.15, -0.1) is 0 Å². The molecule has 25 heavy (non-hydrogen) atoms. The molecule has 1 aromatic carbocycles. The Morgan fingerprint density at radius 2 is 2.12 bits per heavy atom. The van der Waals surface area contributed by atoms with Crippen LogP contribution >= 0.6 is 0 Å². The van der Waals surface area contributed by atoms with Crippen LogP contribution in [0.3, 0.4) is 0 Å². The van der Waals surface area contributed by atoms with Gasteiger partial charge in [-0.2, -0.15) is 0 Å². The average Bonchev–Trinajstić information content (AvgIpc) is 2.51. The number of carboxylic acid groups (broad SMARTS) is 1. The molecule has 1 atom stereocenters.